The number of rotatable bonds is 47. The van der Waals surface area contributed by atoms with Gasteiger partial charge in [-0.15, -0.1) is 0 Å². The lowest BCUT2D eigenvalue weighted by atomic mass is 10.1. The summed E-state index contributed by atoms with van der Waals surface area (Å²) in [7, 11) is 0. The Hall–Kier alpha value is -7.56. The molecule has 30 heteroatoms. The van der Waals surface area contributed by atoms with Gasteiger partial charge in [0.05, 0.1) is 63.5 Å². The summed E-state index contributed by atoms with van der Waals surface area (Å²) < 4.78 is 32.5. The lowest BCUT2D eigenvalue weighted by molar-refractivity contribution is 0.0212. The minimum Gasteiger partial charge on any atom is -0.460 e. The number of hydrogen-bond donors (Lipinski definition) is 6. The first-order valence-electron chi connectivity index (χ1n) is 45.9. The van der Waals surface area contributed by atoms with E-state index in [0.717, 1.165) is 110 Å². The Kier molecular flexibility index (Phi) is 61.0. The number of nitrogens with two attached hydrogens (primary N) is 6. The van der Waals surface area contributed by atoms with Crippen molar-refractivity contribution >= 4 is 140 Å². The summed E-state index contributed by atoms with van der Waals surface area (Å²) >= 11 is 36.2. The molecule has 129 heavy (non-hydrogen) atoms. The van der Waals surface area contributed by atoms with Gasteiger partial charge in [-0.3, -0.25) is 29.4 Å². The molecule has 0 heterocycles. The zero-order valence-electron chi connectivity index (χ0n) is 81.2. The lowest BCUT2D eigenvalue weighted by Gasteiger charge is -2.37. The Morgan fingerprint density at radius 3 is 0.674 bits per heavy atom. The van der Waals surface area contributed by atoms with Gasteiger partial charge in [0.15, 0.2) is 0 Å². The number of nitrogens with zero attached hydrogens (tertiary/aromatic N) is 6. The zero-order valence-corrected chi connectivity index (χ0v) is 85.7. The van der Waals surface area contributed by atoms with E-state index in [1.807, 2.05) is 6.92 Å². The molecular formula is C99H156Cl6N12O12. The van der Waals surface area contributed by atoms with Gasteiger partial charge in [-0.05, 0) is 283 Å². The second-order valence-corrected chi connectivity index (χ2v) is 35.4. The van der Waals surface area contributed by atoms with Crippen LogP contribution in [-0.4, -0.2) is 218 Å². The molecule has 0 radical (unpaired) electrons. The first-order chi connectivity index (χ1) is 61.0. The highest BCUT2D eigenvalue weighted by molar-refractivity contribution is 6.36. The summed E-state index contributed by atoms with van der Waals surface area (Å²) in [5, 5.41) is 1.95. The molecule has 6 aromatic rings. The van der Waals surface area contributed by atoms with Gasteiger partial charge in [-0.25, -0.2) is 28.8 Å². The first kappa shape index (κ1) is 119. The Morgan fingerprint density at radius 2 is 0.465 bits per heavy atom. The van der Waals surface area contributed by atoms with Crippen molar-refractivity contribution in [2.45, 2.75) is 283 Å². The highest BCUT2D eigenvalue weighted by Gasteiger charge is 2.28. The van der Waals surface area contributed by atoms with Crippen LogP contribution < -0.4 is 34.4 Å². The fourth-order valence-corrected chi connectivity index (χ4v) is 16.1. The summed E-state index contributed by atoms with van der Waals surface area (Å²) in [6.07, 6.45) is 12.1. The van der Waals surface area contributed by atoms with E-state index < -0.39 is 29.8 Å². The number of unbranched alkanes of at least 4 members (excludes halogenated alkanes) is 4. The number of carbonyl (C=O) groups is 6. The summed E-state index contributed by atoms with van der Waals surface area (Å²) in [5.74, 6) is -2.42. The molecule has 0 aliphatic carbocycles. The molecule has 12 N–H and O–H groups in total. The van der Waals surface area contributed by atoms with Crippen LogP contribution in [0.4, 0.5) is 34.1 Å². The van der Waals surface area contributed by atoms with E-state index in [1.54, 1.807) is 109 Å². The topological polar surface area (TPSA) is 333 Å². The van der Waals surface area contributed by atoms with Gasteiger partial charge in [-0.1, -0.05) is 171 Å². The number of likely N-dealkylation sites (N-methyl/N-ethyl adjacent to an activating group) is 2. The van der Waals surface area contributed by atoms with E-state index in [4.69, 9.17) is 132 Å². The predicted molar refractivity (Wildman–Crippen MR) is 540 cm³/mol. The molecule has 0 aromatic heterocycles. The summed E-state index contributed by atoms with van der Waals surface area (Å²) in [6.45, 7) is 56.9. The van der Waals surface area contributed by atoms with Crippen LogP contribution in [0.25, 0.3) is 0 Å². The van der Waals surface area contributed by atoms with E-state index >= 15 is 0 Å². The maximum absolute atomic E-state index is 12.3. The molecule has 0 aliphatic rings. The van der Waals surface area contributed by atoms with E-state index in [1.165, 1.54) is 12.8 Å². The molecule has 6 atom stereocenters. The smallest absolute Gasteiger partial charge is 0.339 e. The van der Waals surface area contributed by atoms with Crippen molar-refractivity contribution in [3.63, 3.8) is 0 Å². The molecule has 0 amide bonds. The number of nitrogen functional groups attached to an aromatic ring is 6. The van der Waals surface area contributed by atoms with Gasteiger partial charge >= 0.3 is 35.8 Å². The molecule has 0 bridgehead atoms. The number of halogens is 6. The van der Waals surface area contributed by atoms with Gasteiger partial charge < -0.3 is 62.8 Å². The monoisotopic (exact) mass is 1920 g/mol. The van der Waals surface area contributed by atoms with Crippen molar-refractivity contribution in [1.29, 1.82) is 0 Å². The van der Waals surface area contributed by atoms with Crippen molar-refractivity contribution in [1.82, 2.24) is 29.4 Å². The van der Waals surface area contributed by atoms with Crippen LogP contribution in [-0.2, 0) is 28.4 Å². The quantitative estimate of drug-likeness (QED) is 0.0117. The molecule has 0 aliphatic heterocycles. The Balaban J connectivity index is 0.000000775. The standard InChI is InChI=1S/C19H31ClN2O2.C18H29ClN2O2.C17H27ClN2O2.C16H25ClN2O2.C15H23ClN2O2.C14H21ClN2O2/c1-4-7-11-22(12-8-5-2)16(6-3)14-24-19(23)17-10-9-15(21)13-18(17)20;1-4-6-10-21(11-7-5-2)14(3)13-23-18(22)16-9-8-15(20)12-17(16)19;1-6-14(20(11(2)3)12(4)5)10-22-17(21)15-8-7-13(19)9-16(15)18;1-10(2)19(11(3)4)12(5)9-21-16(20)14-7-6-13(18)8-15(14)17;1-4-12(18(5-2)6-3)10-20-15(19)13-8-7-11(17)9-14(13)16;1-4-17(5-2)10(3)9-19-14(18)12-7-6-11(16)8-13(12)15/h9-10,13,16H,4-8,11-12,14,21H2,1-3H3;8-9,12,14H,4-7,10-11,13,20H2,1-3H3;7-9,11-12,14H,6,10,19H2,1-5H3;6-8,10-12H,9,18H2,1-5H3;7-9,12H,4-6,10,17H2,1-3H3;6-8,10H,4-5,9,16H2,1-3H3. The molecule has 0 spiro atoms. The van der Waals surface area contributed by atoms with Gasteiger partial charge in [0.1, 0.15) is 39.6 Å². The second kappa shape index (κ2) is 65.9. The van der Waals surface area contributed by atoms with E-state index in [2.05, 4.69) is 175 Å². The fourth-order valence-electron chi connectivity index (χ4n) is 14.5. The second-order valence-electron chi connectivity index (χ2n) is 33.0. The van der Waals surface area contributed by atoms with E-state index in [-0.39, 0.29) is 42.2 Å². The highest BCUT2D eigenvalue weighted by Crippen LogP contribution is 2.28. The van der Waals surface area contributed by atoms with Gasteiger partial charge in [0.25, 0.3) is 0 Å². The van der Waals surface area contributed by atoms with Crippen LogP contribution in [0, 0.1) is 0 Å². The molecule has 726 valence electrons. The Morgan fingerprint density at radius 1 is 0.264 bits per heavy atom. The molecule has 6 rings (SSSR count). The zero-order chi connectivity index (χ0) is 97.7. The van der Waals surface area contributed by atoms with Crippen molar-refractivity contribution < 1.29 is 57.2 Å². The summed E-state index contributed by atoms with van der Waals surface area (Å²) in [4.78, 5) is 86.7. The molecule has 24 nitrogen and oxygen atoms in total. The van der Waals surface area contributed by atoms with Gasteiger partial charge in [-0.2, -0.15) is 0 Å². The fraction of sp³-hybridized carbons (Fsp3) is 0.576. The van der Waals surface area contributed by atoms with E-state index in [0.29, 0.717) is 161 Å². The third-order valence-corrected chi connectivity index (χ3v) is 23.6. The number of esters is 6. The molecule has 6 aromatic carbocycles. The minimum atomic E-state index is -0.417. The maximum Gasteiger partial charge on any atom is 0.339 e. The van der Waals surface area contributed by atoms with E-state index in [9.17, 15) is 28.8 Å². The highest BCUT2D eigenvalue weighted by atomic mass is 35.5. The number of hydrogen-bond acceptors (Lipinski definition) is 24. The Bertz CT molecular complexity index is 4210. The molecule has 0 fully saturated rings. The minimum absolute atomic E-state index is 0.140. The van der Waals surface area contributed by atoms with Crippen molar-refractivity contribution in [2.24, 2.45) is 0 Å². The first-order valence-corrected chi connectivity index (χ1v) is 48.2. The SMILES string of the molecule is CC(C)N(C(C)C)C(C)COC(=O)c1ccc(N)cc1Cl.CCC(COC(=O)c1ccc(N)cc1Cl)N(C(C)C)C(C)C.CCC(COC(=O)c1ccc(N)cc1Cl)N(CC)CC.CCCCN(CCCC)C(C)COC(=O)c1ccc(N)cc1Cl.CCCCN(CCCC)C(CC)COC(=O)c1ccc(N)cc1Cl.CCN(CC)C(C)COC(=O)c1ccc(N)cc1Cl. The molecular weight excluding hydrogens is 1760 g/mol. The average molecular weight is 1920 g/mol. The normalized spacial score (nSPS) is 12.6. The third-order valence-electron chi connectivity index (χ3n) is 21.7. The number of benzene rings is 6. The summed E-state index contributed by atoms with van der Waals surface area (Å²) in [5.41, 5.74) is 39.0. The van der Waals surface area contributed by atoms with Crippen LogP contribution in [0.5, 0.6) is 0 Å². The van der Waals surface area contributed by atoms with Crippen LogP contribution >= 0.6 is 69.6 Å². The van der Waals surface area contributed by atoms with Crippen LogP contribution in [0.15, 0.2) is 109 Å². The van der Waals surface area contributed by atoms with Crippen molar-refractivity contribution in [3.8, 4) is 0 Å². The lowest BCUT2D eigenvalue weighted by Crippen LogP contribution is -2.47. The predicted octanol–water partition coefficient (Wildman–Crippen LogP) is 22.7. The summed E-state index contributed by atoms with van der Waals surface area (Å²) in [6, 6.07) is 31.6. The van der Waals surface area contributed by atoms with Crippen LogP contribution in [0.2, 0.25) is 30.1 Å². The Labute approximate surface area is 803 Å². The molecule has 6 unspecified atom stereocenters. The van der Waals surface area contributed by atoms with Crippen molar-refractivity contribution in [3.05, 3.63) is 173 Å². The van der Waals surface area contributed by atoms with Gasteiger partial charge in [0, 0.05) is 94.5 Å². The van der Waals surface area contributed by atoms with Gasteiger partial charge in [0.2, 0.25) is 0 Å². The number of ether oxygens (including phenoxy) is 6. The van der Waals surface area contributed by atoms with Crippen LogP contribution in [0.1, 0.15) is 285 Å². The number of carbonyl (C=O) groups excluding carboxylic acids is 6. The third kappa shape index (κ3) is 44.7. The number of anilines is 6. The van der Waals surface area contributed by atoms with Crippen molar-refractivity contribution in [2.75, 3.05) is 126 Å². The maximum atomic E-state index is 12.3. The average Bonchev–Trinajstić information content (AvgIpc) is 0.880. The molecule has 0 saturated carbocycles. The largest absolute Gasteiger partial charge is 0.460 e. The molecule has 0 saturated heterocycles. The van der Waals surface area contributed by atoms with Crippen LogP contribution in [0.3, 0.4) is 0 Å².